The minimum Gasteiger partial charge on any atom is -0.394 e. The van der Waals surface area contributed by atoms with Crippen molar-refractivity contribution in [3.8, 4) is 0 Å². The Morgan fingerprint density at radius 2 is 1.74 bits per heavy atom. The van der Waals surface area contributed by atoms with Crippen LogP contribution in [-0.4, -0.2) is 57.6 Å². The highest BCUT2D eigenvalue weighted by Crippen LogP contribution is 2.64. The van der Waals surface area contributed by atoms with E-state index in [2.05, 4.69) is 17.6 Å². The van der Waals surface area contributed by atoms with E-state index in [0.717, 1.165) is 24.0 Å². The van der Waals surface area contributed by atoms with Crippen molar-refractivity contribution in [3.63, 3.8) is 0 Å². The molecule has 3 aliphatic rings. The summed E-state index contributed by atoms with van der Waals surface area (Å²) in [5.41, 5.74) is -0.309. The molecule has 3 N–H and O–H groups in total. The molecule has 3 unspecified atom stereocenters. The number of aliphatic hydroxyl groups is 1. The molecule has 3 amide bonds. The molecule has 2 aromatic carbocycles. The maximum Gasteiger partial charge on any atom is 0.246 e. The Hall–Kier alpha value is -3.23. The van der Waals surface area contributed by atoms with E-state index >= 15 is 0 Å². The van der Waals surface area contributed by atoms with Crippen LogP contribution in [0.1, 0.15) is 63.6 Å². The molecule has 5 rings (SSSR count). The number of nitrogens with one attached hydrogen (secondary N) is 2. The second kappa shape index (κ2) is 10.7. The van der Waals surface area contributed by atoms with Gasteiger partial charge in [-0.2, -0.15) is 0 Å². The molecule has 3 fully saturated rings. The molecule has 3 heterocycles. The summed E-state index contributed by atoms with van der Waals surface area (Å²) in [5, 5.41) is 16.7. The van der Waals surface area contributed by atoms with Crippen molar-refractivity contribution in [1.82, 2.24) is 15.5 Å². The van der Waals surface area contributed by atoms with Crippen LogP contribution >= 0.6 is 0 Å². The van der Waals surface area contributed by atoms with Crippen molar-refractivity contribution in [2.75, 3.05) is 6.61 Å². The predicted octanol–water partition coefficient (Wildman–Crippen LogP) is 3.11. The van der Waals surface area contributed by atoms with Gasteiger partial charge in [0.05, 0.1) is 30.1 Å². The normalized spacial score (nSPS) is 30.6. The molecule has 7 atom stereocenters. The third-order valence-corrected chi connectivity index (χ3v) is 8.86. The number of carbonyl (C=O) groups excluding carboxylic acids is 3. The zero-order valence-electron chi connectivity index (χ0n) is 22.9. The van der Waals surface area contributed by atoms with Crippen LogP contribution in [0.3, 0.4) is 0 Å². The average molecular weight is 534 g/mol. The van der Waals surface area contributed by atoms with E-state index in [9.17, 15) is 19.5 Å². The van der Waals surface area contributed by atoms with E-state index in [1.165, 1.54) is 4.90 Å². The smallest absolute Gasteiger partial charge is 0.246 e. The van der Waals surface area contributed by atoms with Gasteiger partial charge in [-0.3, -0.25) is 14.4 Å². The first-order valence-corrected chi connectivity index (χ1v) is 14.1. The van der Waals surface area contributed by atoms with Gasteiger partial charge in [0.15, 0.2) is 0 Å². The number of fused-ring (bicyclic) bond motifs is 1. The Balaban J connectivity index is 1.52. The fourth-order valence-electron chi connectivity index (χ4n) is 7.15. The Morgan fingerprint density at radius 1 is 1.08 bits per heavy atom. The fourth-order valence-corrected chi connectivity index (χ4v) is 7.15. The van der Waals surface area contributed by atoms with E-state index < -0.39 is 35.1 Å². The third kappa shape index (κ3) is 4.63. The molecule has 3 saturated heterocycles. The molecule has 0 radical (unpaired) electrons. The highest BCUT2D eigenvalue weighted by molar-refractivity contribution is 5.99. The number of likely N-dealkylation sites (tertiary alicyclic amines) is 1. The van der Waals surface area contributed by atoms with Gasteiger partial charge < -0.3 is 25.4 Å². The van der Waals surface area contributed by atoms with Crippen LogP contribution in [0.15, 0.2) is 60.7 Å². The molecule has 39 heavy (non-hydrogen) atoms. The number of benzene rings is 2. The van der Waals surface area contributed by atoms with Gasteiger partial charge in [-0.05, 0) is 44.2 Å². The van der Waals surface area contributed by atoms with Crippen molar-refractivity contribution in [3.05, 3.63) is 71.8 Å². The number of aliphatic hydroxyl groups excluding tert-OH is 1. The molecule has 2 bridgehead atoms. The van der Waals surface area contributed by atoms with Crippen molar-refractivity contribution in [2.24, 2.45) is 11.8 Å². The summed E-state index contributed by atoms with van der Waals surface area (Å²) in [6.07, 6.45) is 2.77. The molecule has 8 heteroatoms. The van der Waals surface area contributed by atoms with E-state index in [1.54, 1.807) is 0 Å². The summed E-state index contributed by atoms with van der Waals surface area (Å²) in [6, 6.07) is 17.1. The van der Waals surface area contributed by atoms with Crippen molar-refractivity contribution in [2.45, 2.75) is 82.3 Å². The molecular weight excluding hydrogens is 494 g/mol. The first kappa shape index (κ1) is 27.3. The van der Waals surface area contributed by atoms with E-state index in [0.29, 0.717) is 19.4 Å². The second-order valence-electron chi connectivity index (χ2n) is 11.5. The Kier molecular flexibility index (Phi) is 7.53. The number of hydrogen-bond acceptors (Lipinski definition) is 5. The molecular formula is C31H39N3O5. The van der Waals surface area contributed by atoms with Crippen LogP contribution < -0.4 is 10.6 Å². The van der Waals surface area contributed by atoms with Crippen molar-refractivity contribution < 1.29 is 24.2 Å². The zero-order valence-corrected chi connectivity index (χ0v) is 22.9. The highest BCUT2D eigenvalue weighted by atomic mass is 16.5. The molecule has 3 aliphatic heterocycles. The summed E-state index contributed by atoms with van der Waals surface area (Å²) in [5.74, 6) is -2.42. The quantitative estimate of drug-likeness (QED) is 0.435. The summed E-state index contributed by atoms with van der Waals surface area (Å²) >= 11 is 0. The first-order valence-electron chi connectivity index (χ1n) is 14.1. The van der Waals surface area contributed by atoms with Gasteiger partial charge in [0.1, 0.15) is 11.6 Å². The molecule has 0 aromatic heterocycles. The maximum absolute atomic E-state index is 14.4. The minimum atomic E-state index is -1.14. The standard InChI is InChI=1S/C31H39N3O5/c1-4-11-20(2)33-28(37)26-31-17-16-30(3,39-31)24(27(36)32-18-21-12-7-5-8-13-21)25(31)29(38)34(26)23(19-35)22-14-9-6-10-15-22/h5-10,12-15,20,23-26,35H,4,11,16-19H2,1-3H3,(H,32,36)(H,33,37)/t20?,23-,24+,25+,26?,30-,31?/m1/s1. The lowest BCUT2D eigenvalue weighted by molar-refractivity contribution is -0.150. The van der Waals surface area contributed by atoms with Crippen LogP contribution in [-0.2, 0) is 25.7 Å². The van der Waals surface area contributed by atoms with E-state index in [-0.39, 0.29) is 30.4 Å². The van der Waals surface area contributed by atoms with Gasteiger partial charge in [-0.25, -0.2) is 0 Å². The Bertz CT molecular complexity index is 1210. The average Bonchev–Trinajstić information content (AvgIpc) is 3.50. The number of nitrogens with zero attached hydrogens (tertiary/aromatic N) is 1. The summed E-state index contributed by atoms with van der Waals surface area (Å²) in [7, 11) is 0. The van der Waals surface area contributed by atoms with Gasteiger partial charge >= 0.3 is 0 Å². The lowest BCUT2D eigenvalue weighted by atomic mass is 9.66. The van der Waals surface area contributed by atoms with Gasteiger partial charge in [-0.1, -0.05) is 74.0 Å². The van der Waals surface area contributed by atoms with E-state index in [1.807, 2.05) is 74.5 Å². The first-order chi connectivity index (χ1) is 18.8. The molecule has 8 nitrogen and oxygen atoms in total. The number of ether oxygens (including phenoxy) is 1. The summed E-state index contributed by atoms with van der Waals surface area (Å²) < 4.78 is 6.70. The maximum atomic E-state index is 14.4. The van der Waals surface area contributed by atoms with Crippen LogP contribution in [0.4, 0.5) is 0 Å². The number of rotatable bonds is 10. The van der Waals surface area contributed by atoms with Crippen LogP contribution in [0.25, 0.3) is 0 Å². The highest BCUT2D eigenvalue weighted by Gasteiger charge is 2.78. The van der Waals surface area contributed by atoms with Gasteiger partial charge in [0.2, 0.25) is 17.7 Å². The molecule has 0 aliphatic carbocycles. The van der Waals surface area contributed by atoms with Crippen molar-refractivity contribution >= 4 is 17.7 Å². The van der Waals surface area contributed by atoms with Crippen molar-refractivity contribution in [1.29, 1.82) is 0 Å². The molecule has 1 spiro atoms. The largest absolute Gasteiger partial charge is 0.394 e. The summed E-state index contributed by atoms with van der Waals surface area (Å²) in [4.78, 5) is 43.6. The van der Waals surface area contributed by atoms with Gasteiger partial charge in [-0.15, -0.1) is 0 Å². The van der Waals surface area contributed by atoms with Gasteiger partial charge in [0, 0.05) is 12.6 Å². The SMILES string of the molecule is CCCC(C)NC(=O)C1N([C@H](CO)c2ccccc2)C(=O)[C@@H]2[C@@H](C(=O)NCc3ccccc3)[C@@]3(C)CCC12O3. The number of amides is 3. The summed E-state index contributed by atoms with van der Waals surface area (Å²) in [6.45, 7) is 5.88. The lowest BCUT2D eigenvalue weighted by Crippen LogP contribution is -2.57. The predicted molar refractivity (Wildman–Crippen MR) is 146 cm³/mol. The third-order valence-electron chi connectivity index (χ3n) is 8.86. The minimum absolute atomic E-state index is 0.0849. The fraction of sp³-hybridized carbons (Fsp3) is 0.516. The second-order valence-corrected chi connectivity index (χ2v) is 11.5. The lowest BCUT2D eigenvalue weighted by Gasteiger charge is -2.37. The Morgan fingerprint density at radius 3 is 2.38 bits per heavy atom. The van der Waals surface area contributed by atoms with E-state index in [4.69, 9.17) is 4.74 Å². The monoisotopic (exact) mass is 533 g/mol. The van der Waals surface area contributed by atoms with Crippen LogP contribution in [0, 0.1) is 11.8 Å². The van der Waals surface area contributed by atoms with Gasteiger partial charge in [0.25, 0.3) is 0 Å². The molecule has 2 aromatic rings. The topological polar surface area (TPSA) is 108 Å². The zero-order chi connectivity index (χ0) is 27.8. The molecule has 0 saturated carbocycles. The molecule has 208 valence electrons. The number of carbonyl (C=O) groups is 3. The van der Waals surface area contributed by atoms with Crippen LogP contribution in [0.2, 0.25) is 0 Å². The Labute approximate surface area is 230 Å². The number of hydrogen-bond donors (Lipinski definition) is 3. The van der Waals surface area contributed by atoms with Crippen LogP contribution in [0.5, 0.6) is 0 Å².